The lowest BCUT2D eigenvalue weighted by atomic mass is 10.0. The van der Waals surface area contributed by atoms with Crippen molar-refractivity contribution < 1.29 is 14.1 Å². The van der Waals surface area contributed by atoms with E-state index in [-0.39, 0.29) is 24.2 Å². The fraction of sp³-hybridized carbons (Fsp3) is 0.350. The summed E-state index contributed by atoms with van der Waals surface area (Å²) in [5.74, 6) is -0.764. The second kappa shape index (κ2) is 8.67. The van der Waals surface area contributed by atoms with Crippen LogP contribution >= 0.6 is 11.6 Å². The van der Waals surface area contributed by atoms with Gasteiger partial charge in [-0.25, -0.2) is 4.39 Å². The summed E-state index contributed by atoms with van der Waals surface area (Å²) in [5.41, 5.74) is 1.07. The van der Waals surface area contributed by atoms with Gasteiger partial charge in [0.1, 0.15) is 5.82 Å². The van der Waals surface area contributed by atoms with Gasteiger partial charge in [-0.1, -0.05) is 17.7 Å². The van der Waals surface area contributed by atoms with Crippen molar-refractivity contribution in [3.63, 3.8) is 0 Å². The Morgan fingerprint density at radius 3 is 2.64 bits per heavy atom. The van der Waals surface area contributed by atoms with Crippen LogP contribution in [-0.2, 0) is 0 Å². The van der Waals surface area contributed by atoms with E-state index in [0.717, 1.165) is 25.9 Å². The number of benzene rings is 2. The van der Waals surface area contributed by atoms with E-state index in [2.05, 4.69) is 10.2 Å². The van der Waals surface area contributed by atoms with Crippen LogP contribution in [0.25, 0.3) is 0 Å². The van der Waals surface area contributed by atoms with Gasteiger partial charge in [-0.05, 0) is 57.1 Å². The Hall–Kier alpha value is -2.51. The monoisotopic (exact) mass is 405 g/mol. The fourth-order valence-electron chi connectivity index (χ4n) is 3.59. The highest BCUT2D eigenvalue weighted by molar-refractivity contribution is 6.31. The average molecular weight is 406 g/mol. The number of hydrogen-bond acceptors (Lipinski definition) is 4. The highest BCUT2D eigenvalue weighted by Crippen LogP contribution is 2.32. The quantitative estimate of drug-likeness (QED) is 0.575. The number of nitrogens with zero attached hydrogens (tertiary/aromatic N) is 2. The fourth-order valence-corrected chi connectivity index (χ4v) is 3.88. The van der Waals surface area contributed by atoms with Crippen LogP contribution < -0.4 is 5.32 Å². The molecule has 3 rings (SSSR count). The molecule has 0 aromatic heterocycles. The molecule has 148 valence electrons. The van der Waals surface area contributed by atoms with Gasteiger partial charge in [0.2, 0.25) is 0 Å². The van der Waals surface area contributed by atoms with Crippen LogP contribution in [0.15, 0.2) is 36.4 Å². The van der Waals surface area contributed by atoms with E-state index >= 15 is 0 Å². The lowest BCUT2D eigenvalue weighted by molar-refractivity contribution is -0.385. The third-order valence-corrected chi connectivity index (χ3v) is 5.36. The van der Waals surface area contributed by atoms with E-state index in [1.807, 2.05) is 0 Å². The topological polar surface area (TPSA) is 75.5 Å². The van der Waals surface area contributed by atoms with E-state index in [1.165, 1.54) is 24.3 Å². The molecule has 1 heterocycles. The van der Waals surface area contributed by atoms with Crippen molar-refractivity contribution in [2.75, 3.05) is 19.6 Å². The first-order valence-corrected chi connectivity index (χ1v) is 9.47. The summed E-state index contributed by atoms with van der Waals surface area (Å²) < 4.78 is 14.5. The largest absolute Gasteiger partial charge is 0.350 e. The first-order valence-electron chi connectivity index (χ1n) is 9.09. The third-order valence-electron chi connectivity index (χ3n) is 5.03. The number of likely N-dealkylation sites (tertiary alicyclic amines) is 1. The van der Waals surface area contributed by atoms with Crippen LogP contribution in [0.3, 0.4) is 0 Å². The van der Waals surface area contributed by atoms with E-state index in [4.69, 9.17) is 11.6 Å². The average Bonchev–Trinajstić information content (AvgIpc) is 3.17. The maximum absolute atomic E-state index is 14.5. The number of hydrogen-bond donors (Lipinski definition) is 1. The van der Waals surface area contributed by atoms with Gasteiger partial charge in [0.15, 0.2) is 0 Å². The van der Waals surface area contributed by atoms with Crippen LogP contribution in [-0.4, -0.2) is 35.4 Å². The highest BCUT2D eigenvalue weighted by atomic mass is 35.5. The number of rotatable bonds is 6. The number of aryl methyl sites for hydroxylation is 1. The Balaban J connectivity index is 1.79. The van der Waals surface area contributed by atoms with E-state index in [1.54, 1.807) is 19.1 Å². The smallest absolute Gasteiger partial charge is 0.272 e. The SMILES string of the molecule is Cc1cc(C(=O)NCC(c2c(F)cccc2Cl)N2CCCC2)ccc1[N+](=O)[O-]. The number of carbonyl (C=O) groups is 1. The molecule has 0 saturated carbocycles. The summed E-state index contributed by atoms with van der Waals surface area (Å²) in [6.07, 6.45) is 2.02. The number of nitrogens with one attached hydrogen (secondary N) is 1. The van der Waals surface area contributed by atoms with Crippen molar-refractivity contribution in [3.8, 4) is 0 Å². The Morgan fingerprint density at radius 1 is 1.32 bits per heavy atom. The molecule has 1 atom stereocenters. The number of carbonyl (C=O) groups excluding carboxylic acids is 1. The zero-order chi connectivity index (χ0) is 20.3. The molecule has 1 saturated heterocycles. The summed E-state index contributed by atoms with van der Waals surface area (Å²) in [6, 6.07) is 8.40. The van der Waals surface area contributed by atoms with Crippen molar-refractivity contribution in [2.24, 2.45) is 0 Å². The zero-order valence-corrected chi connectivity index (χ0v) is 16.2. The normalized spacial score (nSPS) is 15.4. The lowest BCUT2D eigenvalue weighted by Crippen LogP contribution is -2.37. The first kappa shape index (κ1) is 20.2. The van der Waals surface area contributed by atoms with Crippen molar-refractivity contribution in [1.29, 1.82) is 0 Å². The molecule has 1 amide bonds. The van der Waals surface area contributed by atoms with Crippen LogP contribution in [0.5, 0.6) is 0 Å². The van der Waals surface area contributed by atoms with E-state index in [9.17, 15) is 19.3 Å². The van der Waals surface area contributed by atoms with Crippen LogP contribution in [0.1, 0.15) is 40.4 Å². The predicted octanol–water partition coefficient (Wildman–Crippen LogP) is 4.26. The minimum Gasteiger partial charge on any atom is -0.350 e. The van der Waals surface area contributed by atoms with E-state index in [0.29, 0.717) is 21.7 Å². The third kappa shape index (κ3) is 4.31. The summed E-state index contributed by atoms with van der Waals surface area (Å²) in [7, 11) is 0. The van der Waals surface area contributed by atoms with Gasteiger partial charge in [0, 0.05) is 34.3 Å². The Kier molecular flexibility index (Phi) is 6.26. The summed E-state index contributed by atoms with van der Waals surface area (Å²) in [6.45, 7) is 3.39. The Morgan fingerprint density at radius 2 is 2.04 bits per heavy atom. The molecule has 0 aliphatic carbocycles. The van der Waals surface area contributed by atoms with Gasteiger partial charge in [-0.2, -0.15) is 0 Å². The lowest BCUT2D eigenvalue weighted by Gasteiger charge is -2.29. The number of halogens is 2. The Bertz CT molecular complexity index is 880. The van der Waals surface area contributed by atoms with Gasteiger partial charge in [0.25, 0.3) is 11.6 Å². The molecule has 28 heavy (non-hydrogen) atoms. The molecule has 1 unspecified atom stereocenters. The van der Waals surface area contributed by atoms with Crippen molar-refractivity contribution >= 4 is 23.2 Å². The van der Waals surface area contributed by atoms with Gasteiger partial charge in [0.05, 0.1) is 11.0 Å². The molecule has 8 heteroatoms. The van der Waals surface area contributed by atoms with Gasteiger partial charge >= 0.3 is 0 Å². The first-order chi connectivity index (χ1) is 13.4. The summed E-state index contributed by atoms with van der Waals surface area (Å²) in [5, 5.41) is 14.1. The maximum Gasteiger partial charge on any atom is 0.272 e. The number of nitro benzene ring substituents is 1. The minimum atomic E-state index is -0.486. The van der Waals surface area contributed by atoms with E-state index < -0.39 is 10.7 Å². The predicted molar refractivity (Wildman–Crippen MR) is 105 cm³/mol. The molecule has 6 nitrogen and oxygen atoms in total. The molecular formula is C20H21ClFN3O3. The van der Waals surface area contributed by atoms with Crippen molar-refractivity contribution in [1.82, 2.24) is 10.2 Å². The van der Waals surface area contributed by atoms with Gasteiger partial charge < -0.3 is 5.32 Å². The zero-order valence-electron chi connectivity index (χ0n) is 15.5. The van der Waals surface area contributed by atoms with Crippen LogP contribution in [0.4, 0.5) is 10.1 Å². The number of amides is 1. The number of nitro groups is 1. The second-order valence-electron chi connectivity index (χ2n) is 6.86. The van der Waals surface area contributed by atoms with Crippen molar-refractivity contribution in [3.05, 3.63) is 74.0 Å². The molecule has 1 aliphatic heterocycles. The molecule has 0 bridgehead atoms. The molecule has 2 aromatic carbocycles. The van der Waals surface area contributed by atoms with Gasteiger partial charge in [-0.15, -0.1) is 0 Å². The molecule has 1 N–H and O–H groups in total. The Labute approximate surface area is 167 Å². The molecule has 0 radical (unpaired) electrons. The highest BCUT2D eigenvalue weighted by Gasteiger charge is 2.28. The molecule has 2 aromatic rings. The van der Waals surface area contributed by atoms with Crippen molar-refractivity contribution in [2.45, 2.75) is 25.8 Å². The molecule has 0 spiro atoms. The standard InChI is InChI=1S/C20H21ClFN3O3/c1-13-11-14(7-8-17(13)25(27)28)20(26)23-12-18(24-9-2-3-10-24)19-15(21)5-4-6-16(19)22/h4-8,11,18H,2-3,9-10,12H2,1H3,(H,23,26). The summed E-state index contributed by atoms with van der Waals surface area (Å²) in [4.78, 5) is 25.1. The van der Waals surface area contributed by atoms with Crippen LogP contribution in [0, 0.1) is 22.9 Å². The molecule has 1 fully saturated rings. The molecular weight excluding hydrogens is 385 g/mol. The summed E-state index contributed by atoms with van der Waals surface area (Å²) >= 11 is 6.26. The maximum atomic E-state index is 14.5. The minimum absolute atomic E-state index is 0.0374. The van der Waals surface area contributed by atoms with Crippen LogP contribution in [0.2, 0.25) is 5.02 Å². The molecule has 1 aliphatic rings. The second-order valence-corrected chi connectivity index (χ2v) is 7.27. The van der Waals surface area contributed by atoms with Gasteiger partial charge in [-0.3, -0.25) is 19.8 Å².